The zero-order chi connectivity index (χ0) is 26.3. The second-order valence-electron chi connectivity index (χ2n) is 8.41. The number of amides is 2. The molecular formula is C25H32ClN3O6S. The van der Waals surface area contributed by atoms with E-state index in [4.69, 9.17) is 21.1 Å². The van der Waals surface area contributed by atoms with Gasteiger partial charge in [0, 0.05) is 24.2 Å². The first-order valence-corrected chi connectivity index (χ1v) is 13.9. The number of halogens is 1. The van der Waals surface area contributed by atoms with Crippen molar-refractivity contribution >= 4 is 39.1 Å². The van der Waals surface area contributed by atoms with Gasteiger partial charge in [-0.1, -0.05) is 37.1 Å². The molecule has 0 unspecified atom stereocenters. The molecule has 0 fully saturated rings. The van der Waals surface area contributed by atoms with Gasteiger partial charge in [-0.25, -0.2) is 8.42 Å². The van der Waals surface area contributed by atoms with E-state index in [1.54, 1.807) is 43.3 Å². The lowest BCUT2D eigenvalue weighted by Crippen LogP contribution is -2.51. The maximum atomic E-state index is 13.6. The van der Waals surface area contributed by atoms with Gasteiger partial charge < -0.3 is 19.7 Å². The molecular weight excluding hydrogens is 506 g/mol. The first-order chi connectivity index (χ1) is 17.2. The summed E-state index contributed by atoms with van der Waals surface area (Å²) < 4.78 is 37.8. The predicted octanol–water partition coefficient (Wildman–Crippen LogP) is 3.56. The third-order valence-electron chi connectivity index (χ3n) is 5.89. The van der Waals surface area contributed by atoms with Crippen LogP contribution < -0.4 is 19.1 Å². The van der Waals surface area contributed by atoms with Crippen LogP contribution in [-0.4, -0.2) is 56.8 Å². The number of carbonyl (C=O) groups is 2. The number of hydrogen-bond acceptors (Lipinski definition) is 6. The van der Waals surface area contributed by atoms with Crippen LogP contribution >= 0.6 is 11.6 Å². The summed E-state index contributed by atoms with van der Waals surface area (Å²) in [6, 6.07) is 10.8. The topological polar surface area (TPSA) is 105 Å². The summed E-state index contributed by atoms with van der Waals surface area (Å²) >= 11 is 6.00. The fourth-order valence-electron chi connectivity index (χ4n) is 3.67. The highest BCUT2D eigenvalue weighted by Crippen LogP contribution is 2.36. The van der Waals surface area contributed by atoms with Crippen molar-refractivity contribution in [3.05, 3.63) is 53.1 Å². The summed E-state index contributed by atoms with van der Waals surface area (Å²) in [5.74, 6) is -0.131. The number of sulfonamides is 1. The number of ether oxygens (including phenoxy) is 2. The molecule has 1 heterocycles. The number of rotatable bonds is 12. The van der Waals surface area contributed by atoms with E-state index in [9.17, 15) is 18.0 Å². The van der Waals surface area contributed by atoms with Crippen LogP contribution in [0.2, 0.25) is 5.02 Å². The molecule has 0 radical (unpaired) electrons. The number of nitrogens with one attached hydrogen (secondary N) is 1. The highest BCUT2D eigenvalue weighted by atomic mass is 35.5. The van der Waals surface area contributed by atoms with Crippen LogP contribution in [0.3, 0.4) is 0 Å². The van der Waals surface area contributed by atoms with Gasteiger partial charge in [0.15, 0.2) is 11.5 Å². The molecule has 1 N–H and O–H groups in total. The summed E-state index contributed by atoms with van der Waals surface area (Å²) in [5, 5.41) is 3.40. The van der Waals surface area contributed by atoms with Crippen molar-refractivity contribution in [1.82, 2.24) is 10.2 Å². The summed E-state index contributed by atoms with van der Waals surface area (Å²) in [4.78, 5) is 27.9. The highest BCUT2D eigenvalue weighted by Gasteiger charge is 2.31. The number of benzene rings is 2. The minimum atomic E-state index is -3.83. The largest absolute Gasteiger partial charge is 0.454 e. The lowest BCUT2D eigenvalue weighted by Gasteiger charge is -2.32. The van der Waals surface area contributed by atoms with Gasteiger partial charge in [-0.15, -0.1) is 0 Å². The molecule has 1 atom stereocenters. The highest BCUT2D eigenvalue weighted by molar-refractivity contribution is 7.92. The molecule has 1 aliphatic heterocycles. The molecule has 2 aromatic carbocycles. The van der Waals surface area contributed by atoms with Crippen molar-refractivity contribution in [2.24, 2.45) is 0 Å². The Kier molecular flexibility index (Phi) is 9.44. The lowest BCUT2D eigenvalue weighted by atomic mass is 10.1. The van der Waals surface area contributed by atoms with Gasteiger partial charge in [0.05, 0.1) is 11.4 Å². The predicted molar refractivity (Wildman–Crippen MR) is 139 cm³/mol. The van der Waals surface area contributed by atoms with Crippen molar-refractivity contribution in [1.29, 1.82) is 0 Å². The Morgan fingerprint density at radius 3 is 2.44 bits per heavy atom. The monoisotopic (exact) mass is 537 g/mol. The second-order valence-corrected chi connectivity index (χ2v) is 11.0. The van der Waals surface area contributed by atoms with Crippen LogP contribution in [0.1, 0.15) is 39.2 Å². The standard InChI is InChI=1S/C25H32ClN3O6S/c1-4-6-13-27-25(31)18(3)28(15-19-7-9-20(26)10-8-19)24(30)16-29(36(32,33)5-2)21-11-12-22-23(14-21)35-17-34-22/h7-12,14,18H,4-6,13,15-17H2,1-3H3,(H,27,31)/t18-/m1/s1. The normalized spacial score (nSPS) is 13.2. The third kappa shape index (κ3) is 6.82. The molecule has 0 aromatic heterocycles. The van der Waals surface area contributed by atoms with Gasteiger partial charge in [-0.2, -0.15) is 0 Å². The van der Waals surface area contributed by atoms with Crippen molar-refractivity contribution in [2.45, 2.75) is 46.2 Å². The Bertz CT molecular complexity index is 1170. The molecule has 0 aliphatic carbocycles. The van der Waals surface area contributed by atoms with Gasteiger partial charge >= 0.3 is 0 Å². The molecule has 3 rings (SSSR count). The maximum absolute atomic E-state index is 13.6. The van der Waals surface area contributed by atoms with E-state index in [1.807, 2.05) is 6.92 Å². The minimum Gasteiger partial charge on any atom is -0.454 e. The Hall–Kier alpha value is -2.98. The number of nitrogens with zero attached hydrogens (tertiary/aromatic N) is 2. The molecule has 0 saturated carbocycles. The lowest BCUT2D eigenvalue weighted by molar-refractivity contribution is -0.139. The molecule has 2 amide bonds. The van der Waals surface area contributed by atoms with Gasteiger partial charge in [-0.3, -0.25) is 13.9 Å². The van der Waals surface area contributed by atoms with Crippen molar-refractivity contribution in [3.63, 3.8) is 0 Å². The minimum absolute atomic E-state index is 0.0395. The summed E-state index contributed by atoms with van der Waals surface area (Å²) in [6.07, 6.45) is 1.73. The third-order valence-corrected chi connectivity index (χ3v) is 7.88. The van der Waals surface area contributed by atoms with Crippen molar-refractivity contribution in [3.8, 4) is 11.5 Å². The van der Waals surface area contributed by atoms with E-state index in [0.29, 0.717) is 23.1 Å². The van der Waals surface area contributed by atoms with Crippen LogP contribution in [0.5, 0.6) is 11.5 Å². The maximum Gasteiger partial charge on any atom is 0.244 e. The van der Waals surface area contributed by atoms with Gasteiger partial charge in [0.1, 0.15) is 12.6 Å². The van der Waals surface area contributed by atoms with Crippen LogP contribution in [0.15, 0.2) is 42.5 Å². The molecule has 11 heteroatoms. The van der Waals surface area contributed by atoms with Crippen LogP contribution in [-0.2, 0) is 26.2 Å². The van der Waals surface area contributed by atoms with E-state index in [2.05, 4.69) is 5.32 Å². The van der Waals surface area contributed by atoms with E-state index in [0.717, 1.165) is 22.7 Å². The Labute approximate surface area is 217 Å². The number of carbonyl (C=O) groups excluding carboxylic acids is 2. The van der Waals surface area contributed by atoms with E-state index >= 15 is 0 Å². The van der Waals surface area contributed by atoms with Crippen LogP contribution in [0.4, 0.5) is 5.69 Å². The van der Waals surface area contributed by atoms with Gasteiger partial charge in [0.2, 0.25) is 28.6 Å². The molecule has 1 aliphatic rings. The Morgan fingerprint density at radius 2 is 1.78 bits per heavy atom. The van der Waals surface area contributed by atoms with E-state index in [1.165, 1.54) is 17.9 Å². The Balaban J connectivity index is 1.90. The second kappa shape index (κ2) is 12.3. The van der Waals surface area contributed by atoms with E-state index < -0.39 is 28.5 Å². The number of fused-ring (bicyclic) bond motifs is 1. The molecule has 196 valence electrons. The van der Waals surface area contributed by atoms with Crippen molar-refractivity contribution < 1.29 is 27.5 Å². The Morgan fingerprint density at radius 1 is 1.08 bits per heavy atom. The number of unbranched alkanes of at least 4 members (excludes halogenated alkanes) is 1. The van der Waals surface area contributed by atoms with Crippen LogP contribution in [0, 0.1) is 0 Å². The van der Waals surface area contributed by atoms with Gasteiger partial charge in [0.25, 0.3) is 0 Å². The van der Waals surface area contributed by atoms with Crippen molar-refractivity contribution in [2.75, 3.05) is 29.9 Å². The fourth-order valence-corrected chi connectivity index (χ4v) is 4.84. The van der Waals surface area contributed by atoms with Crippen LogP contribution in [0.25, 0.3) is 0 Å². The summed E-state index contributed by atoms with van der Waals surface area (Å²) in [6.45, 7) is 5.33. The fraction of sp³-hybridized carbons (Fsp3) is 0.440. The first-order valence-electron chi connectivity index (χ1n) is 11.9. The average molecular weight is 538 g/mol. The molecule has 0 bridgehead atoms. The number of anilines is 1. The summed E-state index contributed by atoms with van der Waals surface area (Å²) in [5.41, 5.74) is 1.04. The average Bonchev–Trinajstić information content (AvgIpc) is 3.34. The zero-order valence-electron chi connectivity index (χ0n) is 20.7. The first kappa shape index (κ1) is 27.6. The summed E-state index contributed by atoms with van der Waals surface area (Å²) in [7, 11) is -3.83. The molecule has 9 nitrogen and oxygen atoms in total. The zero-order valence-corrected chi connectivity index (χ0v) is 22.3. The quantitative estimate of drug-likeness (QED) is 0.415. The molecule has 2 aromatic rings. The number of hydrogen-bond donors (Lipinski definition) is 1. The van der Waals surface area contributed by atoms with E-state index in [-0.39, 0.29) is 30.7 Å². The smallest absolute Gasteiger partial charge is 0.244 e. The molecule has 36 heavy (non-hydrogen) atoms. The van der Waals surface area contributed by atoms with Gasteiger partial charge in [-0.05, 0) is 50.1 Å². The SMILES string of the molecule is CCCCNC(=O)[C@@H](C)N(Cc1ccc(Cl)cc1)C(=O)CN(c1ccc2c(c1)OCO2)S(=O)(=O)CC. The molecule has 0 saturated heterocycles. The molecule has 0 spiro atoms.